The molecule has 0 radical (unpaired) electrons. The zero-order valence-electron chi connectivity index (χ0n) is 17.6. The van der Waals surface area contributed by atoms with Gasteiger partial charge in [-0.05, 0) is 35.4 Å². The number of sulfonamides is 1. The summed E-state index contributed by atoms with van der Waals surface area (Å²) in [6, 6.07) is 26.1. The van der Waals surface area contributed by atoms with Crippen LogP contribution in [0.4, 0.5) is 0 Å². The predicted molar refractivity (Wildman–Crippen MR) is 120 cm³/mol. The largest absolute Gasteiger partial charge is 0.457 e. The molecule has 0 unspecified atom stereocenters. The molecule has 2 atom stereocenters. The Morgan fingerprint density at radius 3 is 2.32 bits per heavy atom. The van der Waals surface area contributed by atoms with Crippen LogP contribution in [0, 0.1) is 0 Å². The van der Waals surface area contributed by atoms with E-state index < -0.39 is 21.3 Å². The number of para-hydroxylation sites is 1. The molecular weight excluding hydrogens is 412 g/mol. The lowest BCUT2D eigenvalue weighted by atomic mass is 10.0. The minimum atomic E-state index is -3.61. The van der Waals surface area contributed by atoms with Crippen molar-refractivity contribution in [2.45, 2.75) is 17.8 Å². The van der Waals surface area contributed by atoms with Crippen LogP contribution in [-0.2, 0) is 21.4 Å². The van der Waals surface area contributed by atoms with Crippen LogP contribution in [0.2, 0.25) is 0 Å². The molecular formula is C24H26N2O4S. The van der Waals surface area contributed by atoms with Crippen LogP contribution in [0.15, 0.2) is 84.9 Å². The molecule has 0 amide bonds. The Hall–Kier alpha value is -2.71. The van der Waals surface area contributed by atoms with Gasteiger partial charge in [-0.25, -0.2) is 12.7 Å². The van der Waals surface area contributed by atoms with E-state index in [-0.39, 0.29) is 6.61 Å². The third-order valence-electron chi connectivity index (χ3n) is 5.43. The quantitative estimate of drug-likeness (QED) is 0.553. The highest BCUT2D eigenvalue weighted by Gasteiger charge is 2.45. The molecule has 0 bridgehead atoms. The van der Waals surface area contributed by atoms with Crippen LogP contribution in [0.5, 0.6) is 11.5 Å². The maximum absolute atomic E-state index is 13.4. The Balaban J connectivity index is 1.58. The van der Waals surface area contributed by atoms with Crippen LogP contribution in [-0.4, -0.2) is 43.7 Å². The predicted octanol–water partition coefficient (Wildman–Crippen LogP) is 4.23. The Kier molecular flexibility index (Phi) is 6.38. The number of ether oxygens (including phenoxy) is 1. The molecule has 0 spiro atoms. The monoisotopic (exact) mass is 438 g/mol. The minimum absolute atomic E-state index is 0.104. The van der Waals surface area contributed by atoms with E-state index in [4.69, 9.17) is 9.57 Å². The summed E-state index contributed by atoms with van der Waals surface area (Å²) in [6.45, 7) is 0.416. The Labute approximate surface area is 183 Å². The standard InChI is InChI=1S/C24H26N2O4S/c1-25(17-19-10-5-3-6-11-19)31(27,28)23-18-29-26(2)24(23)20-12-9-15-22(16-20)30-21-13-7-4-8-14-21/h3-16,23-24H,17-18H2,1-2H3/t23-,24-/m1/s1. The molecule has 1 aliphatic rings. The molecule has 0 N–H and O–H groups in total. The van der Waals surface area contributed by atoms with Gasteiger partial charge in [0.2, 0.25) is 10.0 Å². The van der Waals surface area contributed by atoms with Crippen molar-refractivity contribution >= 4 is 10.0 Å². The van der Waals surface area contributed by atoms with Gasteiger partial charge in [-0.1, -0.05) is 60.7 Å². The number of rotatable bonds is 7. The van der Waals surface area contributed by atoms with Gasteiger partial charge in [0, 0.05) is 20.6 Å². The fourth-order valence-corrected chi connectivity index (χ4v) is 5.50. The van der Waals surface area contributed by atoms with Crippen molar-refractivity contribution in [1.29, 1.82) is 0 Å². The third-order valence-corrected chi connectivity index (χ3v) is 7.59. The van der Waals surface area contributed by atoms with Gasteiger partial charge in [0.05, 0.1) is 12.6 Å². The molecule has 162 valence electrons. The van der Waals surface area contributed by atoms with Crippen molar-refractivity contribution in [1.82, 2.24) is 9.37 Å². The molecule has 0 aromatic heterocycles. The summed E-state index contributed by atoms with van der Waals surface area (Å²) in [4.78, 5) is 5.66. The van der Waals surface area contributed by atoms with E-state index in [9.17, 15) is 8.42 Å². The van der Waals surface area contributed by atoms with E-state index in [1.54, 1.807) is 19.2 Å². The number of hydrogen-bond donors (Lipinski definition) is 0. The highest BCUT2D eigenvalue weighted by molar-refractivity contribution is 7.89. The van der Waals surface area contributed by atoms with Crippen molar-refractivity contribution in [2.75, 3.05) is 20.7 Å². The van der Waals surface area contributed by atoms with Crippen molar-refractivity contribution in [3.05, 3.63) is 96.1 Å². The van der Waals surface area contributed by atoms with E-state index in [1.165, 1.54) is 4.31 Å². The summed E-state index contributed by atoms with van der Waals surface area (Å²) in [7, 11) is -0.229. The number of hydrogen-bond acceptors (Lipinski definition) is 5. The van der Waals surface area contributed by atoms with E-state index in [0.717, 1.165) is 16.9 Å². The highest BCUT2D eigenvalue weighted by Crippen LogP contribution is 2.36. The second kappa shape index (κ2) is 9.20. The van der Waals surface area contributed by atoms with E-state index in [1.807, 2.05) is 84.9 Å². The Morgan fingerprint density at radius 2 is 1.61 bits per heavy atom. The van der Waals surface area contributed by atoms with Crippen LogP contribution >= 0.6 is 0 Å². The van der Waals surface area contributed by atoms with Gasteiger partial charge in [-0.15, -0.1) is 0 Å². The SMILES string of the molecule is CN1OC[C@@H](S(=O)(=O)N(C)Cc2ccccc2)[C@H]1c1cccc(Oc2ccccc2)c1. The third kappa shape index (κ3) is 4.80. The smallest absolute Gasteiger partial charge is 0.221 e. The minimum Gasteiger partial charge on any atom is -0.457 e. The summed E-state index contributed by atoms with van der Waals surface area (Å²) in [6.07, 6.45) is 0. The number of nitrogens with zero attached hydrogens (tertiary/aromatic N) is 2. The Morgan fingerprint density at radius 1 is 0.968 bits per heavy atom. The molecule has 1 heterocycles. The summed E-state index contributed by atoms with van der Waals surface area (Å²) in [5.41, 5.74) is 1.77. The zero-order chi connectivity index (χ0) is 21.8. The van der Waals surface area contributed by atoms with E-state index in [0.29, 0.717) is 12.3 Å². The first kappa shape index (κ1) is 21.5. The summed E-state index contributed by atoms with van der Waals surface area (Å²) >= 11 is 0. The molecule has 1 fully saturated rings. The highest BCUT2D eigenvalue weighted by atomic mass is 32.2. The molecule has 1 saturated heterocycles. The summed E-state index contributed by atoms with van der Waals surface area (Å²) < 4.78 is 34.2. The molecule has 3 aromatic rings. The average molecular weight is 439 g/mol. The maximum Gasteiger partial charge on any atom is 0.221 e. The van der Waals surface area contributed by atoms with Gasteiger partial charge in [-0.2, -0.15) is 5.06 Å². The first-order valence-electron chi connectivity index (χ1n) is 10.1. The topological polar surface area (TPSA) is 59.1 Å². The lowest BCUT2D eigenvalue weighted by Gasteiger charge is -2.27. The van der Waals surface area contributed by atoms with Gasteiger partial charge in [0.15, 0.2) is 0 Å². The average Bonchev–Trinajstić information content (AvgIpc) is 3.17. The van der Waals surface area contributed by atoms with Gasteiger partial charge < -0.3 is 4.74 Å². The number of hydroxylamine groups is 2. The Bertz CT molecular complexity index is 1110. The number of benzene rings is 3. The maximum atomic E-state index is 13.4. The van der Waals surface area contributed by atoms with Crippen molar-refractivity contribution in [3.63, 3.8) is 0 Å². The van der Waals surface area contributed by atoms with Crippen molar-refractivity contribution in [3.8, 4) is 11.5 Å². The van der Waals surface area contributed by atoms with Crippen LogP contribution in [0.3, 0.4) is 0 Å². The van der Waals surface area contributed by atoms with Crippen molar-refractivity contribution < 1.29 is 18.0 Å². The molecule has 7 heteroatoms. The molecule has 0 aliphatic carbocycles. The molecule has 3 aromatic carbocycles. The lowest BCUT2D eigenvalue weighted by Crippen LogP contribution is -2.40. The van der Waals surface area contributed by atoms with Crippen molar-refractivity contribution in [2.24, 2.45) is 0 Å². The fraction of sp³-hybridized carbons (Fsp3) is 0.250. The van der Waals surface area contributed by atoms with E-state index >= 15 is 0 Å². The molecule has 0 saturated carbocycles. The zero-order valence-corrected chi connectivity index (χ0v) is 18.4. The van der Waals surface area contributed by atoms with Gasteiger partial charge >= 0.3 is 0 Å². The molecule has 1 aliphatic heterocycles. The van der Waals surface area contributed by atoms with E-state index in [2.05, 4.69) is 0 Å². The fourth-order valence-electron chi connectivity index (χ4n) is 3.82. The molecule has 4 rings (SSSR count). The summed E-state index contributed by atoms with van der Waals surface area (Å²) in [5, 5.41) is 0.901. The first-order valence-corrected chi connectivity index (χ1v) is 11.6. The summed E-state index contributed by atoms with van der Waals surface area (Å²) in [5.74, 6) is 1.38. The molecule has 6 nitrogen and oxygen atoms in total. The second-order valence-electron chi connectivity index (χ2n) is 7.60. The molecule has 31 heavy (non-hydrogen) atoms. The van der Waals surface area contributed by atoms with Crippen LogP contribution in [0.25, 0.3) is 0 Å². The van der Waals surface area contributed by atoms with Crippen LogP contribution < -0.4 is 4.74 Å². The van der Waals surface area contributed by atoms with Gasteiger partial charge in [-0.3, -0.25) is 4.84 Å². The van der Waals surface area contributed by atoms with Crippen LogP contribution in [0.1, 0.15) is 17.2 Å². The first-order chi connectivity index (χ1) is 14.9. The normalized spacial score (nSPS) is 19.6. The van der Waals surface area contributed by atoms with Gasteiger partial charge in [0.1, 0.15) is 16.7 Å². The van der Waals surface area contributed by atoms with Gasteiger partial charge in [0.25, 0.3) is 0 Å². The lowest BCUT2D eigenvalue weighted by molar-refractivity contribution is -0.110. The second-order valence-corrected chi connectivity index (χ2v) is 9.86.